The summed E-state index contributed by atoms with van der Waals surface area (Å²) in [5.41, 5.74) is 0. The fraction of sp³-hybridized carbons (Fsp3) is 0.667. The molecule has 1 heterocycles. The molecule has 1 aliphatic heterocycles. The largest absolute Gasteiger partial charge is 0.369 e. The van der Waals surface area contributed by atoms with Crippen molar-refractivity contribution in [1.82, 2.24) is 9.80 Å². The minimum atomic E-state index is -1.77. The lowest BCUT2D eigenvalue weighted by Gasteiger charge is -2.45. The Balaban J connectivity index is 2.92. The van der Waals surface area contributed by atoms with Crippen LogP contribution < -0.4 is 0 Å². The van der Waals surface area contributed by atoms with Crippen molar-refractivity contribution in [3.8, 4) is 0 Å². The molecule has 0 aromatic rings. The van der Waals surface area contributed by atoms with Crippen molar-refractivity contribution < 1.29 is 30.0 Å². The van der Waals surface area contributed by atoms with Gasteiger partial charge in [0.05, 0.1) is 0 Å². The van der Waals surface area contributed by atoms with Crippen molar-refractivity contribution in [2.24, 2.45) is 0 Å². The van der Waals surface area contributed by atoms with Crippen LogP contribution in [0.15, 0.2) is 0 Å². The Hall–Kier alpha value is -1.22. The van der Waals surface area contributed by atoms with E-state index in [9.17, 15) is 30.0 Å². The van der Waals surface area contributed by atoms with Gasteiger partial charge in [-0.1, -0.05) is 0 Å². The highest BCUT2D eigenvalue weighted by Gasteiger charge is 2.44. The Morgan fingerprint density at radius 1 is 0.714 bits per heavy atom. The van der Waals surface area contributed by atoms with Gasteiger partial charge < -0.3 is 20.4 Å². The normalized spacial score (nSPS) is 38.3. The van der Waals surface area contributed by atoms with E-state index in [1.165, 1.54) is 0 Å². The molecule has 1 aliphatic rings. The Morgan fingerprint density at radius 2 is 0.929 bits per heavy atom. The molecule has 0 radical (unpaired) electrons. The van der Waals surface area contributed by atoms with Gasteiger partial charge in [-0.25, -0.2) is 0 Å². The van der Waals surface area contributed by atoms with E-state index in [-0.39, 0.29) is 12.8 Å². The Labute approximate surface area is 78.6 Å². The van der Waals surface area contributed by atoms with Gasteiger partial charge in [-0.15, -0.1) is 0 Å². The smallest absolute Gasteiger partial charge is 0.214 e. The molecule has 8 nitrogen and oxygen atoms in total. The van der Waals surface area contributed by atoms with Crippen LogP contribution in [0.2, 0.25) is 0 Å². The van der Waals surface area contributed by atoms with Crippen molar-refractivity contribution in [2.75, 3.05) is 0 Å². The molecule has 80 valence electrons. The maximum Gasteiger partial charge on any atom is 0.214 e. The predicted octanol–water partition coefficient (Wildman–Crippen LogP) is -3.81. The number of carbonyl (C=O) groups is 2. The van der Waals surface area contributed by atoms with E-state index in [1.807, 2.05) is 0 Å². The number of amides is 2. The second kappa shape index (κ2) is 3.88. The van der Waals surface area contributed by atoms with E-state index in [0.29, 0.717) is 9.80 Å². The summed E-state index contributed by atoms with van der Waals surface area (Å²) in [6.07, 6.45) is -6.95. The highest BCUT2D eigenvalue weighted by molar-refractivity contribution is 5.52. The number of aliphatic hydroxyl groups excluding tert-OH is 4. The van der Waals surface area contributed by atoms with Gasteiger partial charge >= 0.3 is 0 Å². The van der Waals surface area contributed by atoms with Crippen LogP contribution in [0.25, 0.3) is 0 Å². The van der Waals surface area contributed by atoms with E-state index in [0.717, 1.165) is 0 Å². The van der Waals surface area contributed by atoms with Crippen molar-refractivity contribution in [3.63, 3.8) is 0 Å². The van der Waals surface area contributed by atoms with E-state index in [1.54, 1.807) is 0 Å². The van der Waals surface area contributed by atoms with Gasteiger partial charge in [-0.2, -0.15) is 0 Å². The molecule has 2 amide bonds. The average molecular weight is 206 g/mol. The van der Waals surface area contributed by atoms with E-state index < -0.39 is 24.9 Å². The number of rotatable bonds is 2. The van der Waals surface area contributed by atoms with Gasteiger partial charge in [0.1, 0.15) is 0 Å². The van der Waals surface area contributed by atoms with Gasteiger partial charge in [0.25, 0.3) is 0 Å². The van der Waals surface area contributed by atoms with Gasteiger partial charge in [0.15, 0.2) is 24.9 Å². The third kappa shape index (κ3) is 1.44. The van der Waals surface area contributed by atoms with Crippen LogP contribution in [0, 0.1) is 0 Å². The summed E-state index contributed by atoms with van der Waals surface area (Å²) >= 11 is 0. The number of piperazine rings is 1. The Kier molecular flexibility index (Phi) is 3.01. The maximum atomic E-state index is 10.3. The number of carbonyl (C=O) groups excluding carboxylic acids is 2. The summed E-state index contributed by atoms with van der Waals surface area (Å²) in [5, 5.41) is 36.8. The molecular weight excluding hydrogens is 196 g/mol. The van der Waals surface area contributed by atoms with Crippen molar-refractivity contribution in [1.29, 1.82) is 0 Å². The molecule has 8 heteroatoms. The molecule has 1 saturated heterocycles. The van der Waals surface area contributed by atoms with Gasteiger partial charge in [-0.3, -0.25) is 19.4 Å². The van der Waals surface area contributed by atoms with Crippen LogP contribution in [0.4, 0.5) is 0 Å². The molecule has 14 heavy (non-hydrogen) atoms. The topological polar surface area (TPSA) is 122 Å². The SMILES string of the molecule is O=CN1[C@H](O)[C@@H](O)N(C=O)[C@@H](O)[C@H]1O. The maximum absolute atomic E-state index is 10.3. The Bertz CT molecular complexity index is 196. The molecule has 4 atom stereocenters. The van der Waals surface area contributed by atoms with Crippen LogP contribution in [0.3, 0.4) is 0 Å². The first kappa shape index (κ1) is 10.9. The summed E-state index contributed by atoms with van der Waals surface area (Å²) in [4.78, 5) is 21.5. The Morgan fingerprint density at radius 3 is 1.07 bits per heavy atom. The monoisotopic (exact) mass is 206 g/mol. The fourth-order valence-electron chi connectivity index (χ4n) is 1.18. The third-order valence-corrected chi connectivity index (χ3v) is 2.00. The molecule has 1 fully saturated rings. The first-order valence-electron chi connectivity index (χ1n) is 3.72. The molecular formula is C6H10N2O6. The first-order chi connectivity index (χ1) is 6.54. The predicted molar refractivity (Wildman–Crippen MR) is 39.8 cm³/mol. The minimum Gasteiger partial charge on any atom is -0.369 e. The van der Waals surface area contributed by atoms with Crippen molar-refractivity contribution >= 4 is 12.8 Å². The molecule has 4 N–H and O–H groups in total. The standard InChI is InChI=1S/C6H10N2O6/c9-1-7-3(11)5(13)8(2-10)6(14)4(7)12/h1-6,11-14H/t3-,4-,5-,6+/m1/s1. The molecule has 1 rings (SSSR count). The van der Waals surface area contributed by atoms with Crippen LogP contribution in [0.5, 0.6) is 0 Å². The van der Waals surface area contributed by atoms with Crippen LogP contribution in [-0.4, -0.2) is 68.0 Å². The van der Waals surface area contributed by atoms with Crippen LogP contribution in [-0.2, 0) is 9.59 Å². The first-order valence-corrected chi connectivity index (χ1v) is 3.72. The number of hydrogen-bond acceptors (Lipinski definition) is 6. The lowest BCUT2D eigenvalue weighted by molar-refractivity contribution is -0.274. The lowest BCUT2D eigenvalue weighted by atomic mass is 10.2. The zero-order valence-corrected chi connectivity index (χ0v) is 6.96. The van der Waals surface area contributed by atoms with E-state index in [2.05, 4.69) is 0 Å². The highest BCUT2D eigenvalue weighted by Crippen LogP contribution is 2.18. The van der Waals surface area contributed by atoms with E-state index >= 15 is 0 Å². The molecule has 0 aliphatic carbocycles. The summed E-state index contributed by atoms with van der Waals surface area (Å²) in [7, 11) is 0. The van der Waals surface area contributed by atoms with E-state index in [4.69, 9.17) is 0 Å². The number of hydrogen-bond donors (Lipinski definition) is 4. The van der Waals surface area contributed by atoms with Gasteiger partial charge in [-0.05, 0) is 0 Å². The zero-order chi connectivity index (χ0) is 10.9. The quantitative estimate of drug-likeness (QED) is 0.344. The molecule has 0 spiro atoms. The number of nitrogens with zero attached hydrogens (tertiary/aromatic N) is 2. The lowest BCUT2D eigenvalue weighted by Crippen LogP contribution is -2.67. The molecule has 0 bridgehead atoms. The molecule has 0 unspecified atom stereocenters. The summed E-state index contributed by atoms with van der Waals surface area (Å²) < 4.78 is 0. The number of aliphatic hydroxyl groups is 4. The second-order valence-corrected chi connectivity index (χ2v) is 2.76. The van der Waals surface area contributed by atoms with Crippen molar-refractivity contribution in [2.45, 2.75) is 24.9 Å². The second-order valence-electron chi connectivity index (χ2n) is 2.76. The van der Waals surface area contributed by atoms with Gasteiger partial charge in [0.2, 0.25) is 12.8 Å². The van der Waals surface area contributed by atoms with Crippen LogP contribution in [0.1, 0.15) is 0 Å². The highest BCUT2D eigenvalue weighted by atomic mass is 16.4. The molecule has 0 aromatic carbocycles. The minimum absolute atomic E-state index is 0.0594. The van der Waals surface area contributed by atoms with Crippen molar-refractivity contribution in [3.05, 3.63) is 0 Å². The fourth-order valence-corrected chi connectivity index (χ4v) is 1.18. The third-order valence-electron chi connectivity index (χ3n) is 2.00. The molecule has 0 aromatic heterocycles. The molecule has 0 saturated carbocycles. The summed E-state index contributed by atoms with van der Waals surface area (Å²) in [6.45, 7) is 0. The van der Waals surface area contributed by atoms with Gasteiger partial charge in [0, 0.05) is 0 Å². The summed E-state index contributed by atoms with van der Waals surface area (Å²) in [5.74, 6) is 0. The zero-order valence-electron chi connectivity index (χ0n) is 6.96. The summed E-state index contributed by atoms with van der Waals surface area (Å²) in [6, 6.07) is 0. The average Bonchev–Trinajstić information content (AvgIpc) is 2.17. The van der Waals surface area contributed by atoms with Crippen LogP contribution >= 0.6 is 0 Å².